The molecule has 3 aromatic heterocycles. The maximum Gasteiger partial charge on any atom is 0.433 e. The fourth-order valence-corrected chi connectivity index (χ4v) is 4.34. The van der Waals surface area contributed by atoms with Crippen molar-refractivity contribution in [2.24, 2.45) is 14.1 Å². The zero-order valence-electron chi connectivity index (χ0n) is 17.2. The minimum atomic E-state index is -0.524. The van der Waals surface area contributed by atoms with Gasteiger partial charge in [0.25, 0.3) is 0 Å². The van der Waals surface area contributed by atoms with Crippen LogP contribution >= 0.6 is 0 Å². The first-order valence-corrected chi connectivity index (χ1v) is 10.0. The van der Waals surface area contributed by atoms with E-state index in [1.165, 1.54) is 28.0 Å². The maximum absolute atomic E-state index is 11.0. The van der Waals surface area contributed by atoms with E-state index in [1.54, 1.807) is 6.07 Å². The molecule has 0 spiro atoms. The van der Waals surface area contributed by atoms with E-state index in [0.29, 0.717) is 5.76 Å². The Labute approximate surface area is 178 Å². The van der Waals surface area contributed by atoms with E-state index < -0.39 is 4.92 Å². The fourth-order valence-electron chi connectivity index (χ4n) is 4.34. The van der Waals surface area contributed by atoms with E-state index in [-0.39, 0.29) is 11.8 Å². The second-order valence-corrected chi connectivity index (χ2v) is 7.69. The minimum absolute atomic E-state index is 0.0543. The topological polar surface area (TPSA) is 66.1 Å². The molecule has 0 atom stereocenters. The Balaban J connectivity index is 1.70. The van der Waals surface area contributed by atoms with Gasteiger partial charge in [0.15, 0.2) is 0 Å². The summed E-state index contributed by atoms with van der Waals surface area (Å²) in [5, 5.41) is 13.3. The van der Waals surface area contributed by atoms with Crippen LogP contribution in [0.2, 0.25) is 0 Å². The van der Waals surface area contributed by atoms with Gasteiger partial charge in [0.05, 0.1) is 6.07 Å². The Hall–Kier alpha value is -4.06. The van der Waals surface area contributed by atoms with Gasteiger partial charge in [-0.1, -0.05) is 42.5 Å². The normalized spacial score (nSPS) is 12.0. The number of benzene rings is 2. The van der Waals surface area contributed by atoms with E-state index in [0.717, 1.165) is 11.0 Å². The van der Waals surface area contributed by atoms with Crippen LogP contribution in [-0.4, -0.2) is 14.1 Å². The molecule has 0 aliphatic rings. The van der Waals surface area contributed by atoms with Crippen LogP contribution in [0.5, 0.6) is 0 Å². The number of aromatic nitrogens is 2. The summed E-state index contributed by atoms with van der Waals surface area (Å²) in [5.41, 5.74) is 4.66. The van der Waals surface area contributed by atoms with Crippen LogP contribution in [0.3, 0.4) is 0 Å². The van der Waals surface area contributed by atoms with Crippen molar-refractivity contribution in [3.63, 3.8) is 0 Å². The van der Waals surface area contributed by atoms with Crippen molar-refractivity contribution in [3.05, 3.63) is 106 Å². The SMILES string of the molecule is Cn1cc(C(/C=C/c2ccc([N+](=O)[O-])o2)c2cn(C)c3ccccc23)c2ccccc21. The predicted molar refractivity (Wildman–Crippen MR) is 122 cm³/mol. The van der Waals surface area contributed by atoms with Crippen molar-refractivity contribution in [2.45, 2.75) is 5.92 Å². The summed E-state index contributed by atoms with van der Waals surface area (Å²) in [6.07, 6.45) is 8.20. The molecule has 0 aliphatic carbocycles. The first-order chi connectivity index (χ1) is 15.0. The monoisotopic (exact) mass is 411 g/mol. The van der Waals surface area contributed by atoms with Gasteiger partial charge in [-0.15, -0.1) is 0 Å². The predicted octanol–water partition coefficient (Wildman–Crippen LogP) is 6.02. The molecule has 0 N–H and O–H groups in total. The standard InChI is InChI=1S/C25H21N3O3/c1-26-15-21(19-7-3-5-9-23(19)26)18(13-11-17-12-14-25(31-17)28(29)30)22-16-27(2)24-10-6-4-8-20(22)24/h3-16,18H,1-2H3/b13-11+. The van der Waals surface area contributed by atoms with Crippen LogP contribution in [0, 0.1) is 10.1 Å². The first-order valence-electron chi connectivity index (χ1n) is 10.0. The number of allylic oxidation sites excluding steroid dienone is 1. The van der Waals surface area contributed by atoms with Crippen LogP contribution in [0.4, 0.5) is 5.88 Å². The summed E-state index contributed by atoms with van der Waals surface area (Å²) in [6.45, 7) is 0. The number of furan rings is 1. The van der Waals surface area contributed by atoms with Gasteiger partial charge in [-0.3, -0.25) is 10.1 Å². The van der Waals surface area contributed by atoms with Gasteiger partial charge in [-0.2, -0.15) is 0 Å². The van der Waals surface area contributed by atoms with Crippen LogP contribution in [0.25, 0.3) is 27.9 Å². The summed E-state index contributed by atoms with van der Waals surface area (Å²) in [5.74, 6) is 0.144. The molecule has 5 aromatic rings. The summed E-state index contributed by atoms with van der Waals surface area (Å²) in [6, 6.07) is 19.7. The zero-order chi connectivity index (χ0) is 21.5. The smallest absolute Gasteiger partial charge is 0.401 e. The number of nitrogens with zero attached hydrogens (tertiary/aromatic N) is 3. The molecule has 6 heteroatoms. The third-order valence-corrected chi connectivity index (χ3v) is 5.77. The number of hydrogen-bond donors (Lipinski definition) is 0. The van der Waals surface area contributed by atoms with Gasteiger partial charge in [0.2, 0.25) is 0 Å². The Morgan fingerprint density at radius 2 is 1.42 bits per heavy atom. The Morgan fingerprint density at radius 1 is 0.871 bits per heavy atom. The average Bonchev–Trinajstić information content (AvgIpc) is 3.47. The number of fused-ring (bicyclic) bond motifs is 2. The van der Waals surface area contributed by atoms with E-state index in [4.69, 9.17) is 4.42 Å². The Kier molecular flexibility index (Phi) is 4.47. The Morgan fingerprint density at radius 3 is 1.94 bits per heavy atom. The minimum Gasteiger partial charge on any atom is -0.401 e. The highest BCUT2D eigenvalue weighted by atomic mass is 16.6. The molecule has 154 valence electrons. The first kappa shape index (κ1) is 18.9. The van der Waals surface area contributed by atoms with Gasteiger partial charge in [0, 0.05) is 54.2 Å². The highest BCUT2D eigenvalue weighted by Crippen LogP contribution is 2.37. The molecule has 2 aromatic carbocycles. The number of hydrogen-bond acceptors (Lipinski definition) is 3. The third kappa shape index (κ3) is 3.22. The van der Waals surface area contributed by atoms with E-state index in [9.17, 15) is 10.1 Å². The second kappa shape index (κ2) is 7.32. The Bertz CT molecular complexity index is 1370. The summed E-state index contributed by atoms with van der Waals surface area (Å²) in [7, 11) is 4.09. The number of rotatable bonds is 5. The van der Waals surface area contributed by atoms with Gasteiger partial charge in [-0.25, -0.2) is 0 Å². The van der Waals surface area contributed by atoms with Crippen LogP contribution in [-0.2, 0) is 14.1 Å². The average molecular weight is 411 g/mol. The second-order valence-electron chi connectivity index (χ2n) is 7.69. The van der Waals surface area contributed by atoms with Gasteiger partial charge in [-0.05, 0) is 35.4 Å². The molecule has 0 fully saturated rings. The lowest BCUT2D eigenvalue weighted by atomic mass is 9.90. The molecule has 0 unspecified atom stereocenters. The van der Waals surface area contributed by atoms with Gasteiger partial charge >= 0.3 is 5.88 Å². The lowest BCUT2D eigenvalue weighted by molar-refractivity contribution is -0.402. The number of aryl methyl sites for hydroxylation is 2. The molecule has 0 saturated heterocycles. The van der Waals surface area contributed by atoms with Gasteiger partial charge < -0.3 is 13.6 Å². The van der Waals surface area contributed by atoms with Crippen molar-refractivity contribution in [2.75, 3.05) is 0 Å². The van der Waals surface area contributed by atoms with Crippen molar-refractivity contribution < 1.29 is 9.34 Å². The van der Waals surface area contributed by atoms with Crippen molar-refractivity contribution >= 4 is 33.8 Å². The van der Waals surface area contributed by atoms with Crippen molar-refractivity contribution in [1.29, 1.82) is 0 Å². The maximum atomic E-state index is 11.0. The van der Waals surface area contributed by atoms with Crippen molar-refractivity contribution in [3.8, 4) is 0 Å². The zero-order valence-corrected chi connectivity index (χ0v) is 17.2. The molecular weight excluding hydrogens is 390 g/mol. The molecule has 6 nitrogen and oxygen atoms in total. The highest BCUT2D eigenvalue weighted by Gasteiger charge is 2.21. The molecule has 0 bridgehead atoms. The lowest BCUT2D eigenvalue weighted by Gasteiger charge is -2.12. The molecule has 0 radical (unpaired) electrons. The largest absolute Gasteiger partial charge is 0.433 e. The fraction of sp³-hybridized carbons (Fsp3) is 0.120. The van der Waals surface area contributed by atoms with Crippen LogP contribution in [0.15, 0.2) is 83.6 Å². The number of nitro groups is 1. The van der Waals surface area contributed by atoms with Gasteiger partial charge in [0.1, 0.15) is 10.7 Å². The lowest BCUT2D eigenvalue weighted by Crippen LogP contribution is -1.97. The van der Waals surface area contributed by atoms with E-state index >= 15 is 0 Å². The summed E-state index contributed by atoms with van der Waals surface area (Å²) < 4.78 is 9.62. The highest BCUT2D eigenvalue weighted by molar-refractivity contribution is 5.89. The molecule has 5 rings (SSSR count). The van der Waals surface area contributed by atoms with E-state index in [1.807, 2.05) is 44.4 Å². The molecule has 31 heavy (non-hydrogen) atoms. The quantitative estimate of drug-likeness (QED) is 0.262. The molecule has 0 aliphatic heterocycles. The van der Waals surface area contributed by atoms with E-state index in [2.05, 4.69) is 51.9 Å². The van der Waals surface area contributed by atoms with Crippen LogP contribution in [0.1, 0.15) is 22.8 Å². The summed E-state index contributed by atoms with van der Waals surface area (Å²) in [4.78, 5) is 10.5. The molecular formula is C25H21N3O3. The molecule has 0 saturated carbocycles. The molecule has 3 heterocycles. The van der Waals surface area contributed by atoms with Crippen molar-refractivity contribution in [1.82, 2.24) is 9.13 Å². The summed E-state index contributed by atoms with van der Waals surface area (Å²) >= 11 is 0. The number of para-hydroxylation sites is 2. The molecule has 0 amide bonds. The van der Waals surface area contributed by atoms with Crippen LogP contribution < -0.4 is 0 Å². The third-order valence-electron chi connectivity index (χ3n) is 5.77.